The van der Waals surface area contributed by atoms with E-state index in [0.29, 0.717) is 24.0 Å². The molecular formula is C21H21FN2O2. The van der Waals surface area contributed by atoms with E-state index in [-0.39, 0.29) is 23.8 Å². The van der Waals surface area contributed by atoms with Gasteiger partial charge in [-0.2, -0.15) is 0 Å². The van der Waals surface area contributed by atoms with Gasteiger partial charge < -0.3 is 9.47 Å². The van der Waals surface area contributed by atoms with Gasteiger partial charge in [0.15, 0.2) is 5.78 Å². The van der Waals surface area contributed by atoms with Crippen LogP contribution in [0.4, 0.5) is 4.39 Å². The second kappa shape index (κ2) is 7.52. The van der Waals surface area contributed by atoms with E-state index in [1.54, 1.807) is 27.8 Å². The third kappa shape index (κ3) is 3.25. The van der Waals surface area contributed by atoms with Gasteiger partial charge in [0.1, 0.15) is 12.4 Å². The first-order valence-corrected chi connectivity index (χ1v) is 8.71. The molecule has 5 heteroatoms. The number of para-hydroxylation sites is 1. The number of halogens is 1. The summed E-state index contributed by atoms with van der Waals surface area (Å²) in [5.41, 5.74) is 1.22. The molecule has 0 saturated heterocycles. The minimum atomic E-state index is -0.548. The Morgan fingerprint density at radius 2 is 1.62 bits per heavy atom. The molecule has 0 fully saturated rings. The molecule has 0 spiro atoms. The van der Waals surface area contributed by atoms with Crippen LogP contribution in [-0.4, -0.2) is 34.2 Å². The highest BCUT2D eigenvalue weighted by Gasteiger charge is 2.20. The molecule has 0 unspecified atom stereocenters. The van der Waals surface area contributed by atoms with Crippen LogP contribution in [0.15, 0.2) is 54.7 Å². The molecule has 0 aliphatic carbocycles. The molecule has 26 heavy (non-hydrogen) atoms. The molecule has 3 aromatic rings. The van der Waals surface area contributed by atoms with Crippen LogP contribution >= 0.6 is 0 Å². The highest BCUT2D eigenvalue weighted by Crippen LogP contribution is 2.25. The summed E-state index contributed by atoms with van der Waals surface area (Å²) in [7, 11) is 0. The molecule has 3 rings (SSSR count). The predicted molar refractivity (Wildman–Crippen MR) is 99.7 cm³/mol. The molecule has 4 nitrogen and oxygen atoms in total. The van der Waals surface area contributed by atoms with E-state index in [1.165, 1.54) is 12.1 Å². The number of hydrogen-bond acceptors (Lipinski definition) is 2. The lowest BCUT2D eigenvalue weighted by atomic mass is 10.0. The molecular weight excluding hydrogens is 331 g/mol. The molecule has 0 saturated carbocycles. The summed E-state index contributed by atoms with van der Waals surface area (Å²) in [6, 6.07) is 13.3. The van der Waals surface area contributed by atoms with Crippen LogP contribution in [0.1, 0.15) is 29.8 Å². The number of carbonyl (C=O) groups excluding carboxylic acids is 2. The lowest BCUT2D eigenvalue weighted by Crippen LogP contribution is -2.33. The number of amides is 1. The maximum Gasteiger partial charge on any atom is 0.242 e. The lowest BCUT2D eigenvalue weighted by Gasteiger charge is -2.19. The molecule has 134 valence electrons. The zero-order chi connectivity index (χ0) is 18.7. The number of fused-ring (bicyclic) bond motifs is 1. The molecule has 0 N–H and O–H groups in total. The van der Waals surface area contributed by atoms with Crippen molar-refractivity contribution in [3.05, 3.63) is 71.7 Å². The Bertz CT molecular complexity index is 958. The molecule has 0 atom stereocenters. The van der Waals surface area contributed by atoms with Crippen molar-refractivity contribution in [2.45, 2.75) is 20.4 Å². The van der Waals surface area contributed by atoms with Gasteiger partial charge in [-0.05, 0) is 32.0 Å². The van der Waals surface area contributed by atoms with E-state index in [4.69, 9.17) is 0 Å². The molecule has 0 radical (unpaired) electrons. The molecule has 1 amide bonds. The van der Waals surface area contributed by atoms with Gasteiger partial charge in [0.05, 0.1) is 5.56 Å². The van der Waals surface area contributed by atoms with E-state index in [9.17, 15) is 14.0 Å². The van der Waals surface area contributed by atoms with Crippen molar-refractivity contribution in [3.63, 3.8) is 0 Å². The fraction of sp³-hybridized carbons (Fsp3) is 0.238. The molecule has 0 aliphatic heterocycles. The topological polar surface area (TPSA) is 42.3 Å². The Balaban J connectivity index is 2.04. The number of likely N-dealkylation sites (N-methyl/N-ethyl adjacent to an activating group) is 1. The summed E-state index contributed by atoms with van der Waals surface area (Å²) < 4.78 is 15.8. The van der Waals surface area contributed by atoms with Crippen LogP contribution in [0.25, 0.3) is 10.9 Å². The van der Waals surface area contributed by atoms with Crippen molar-refractivity contribution in [2.75, 3.05) is 13.1 Å². The first-order chi connectivity index (χ1) is 12.6. The van der Waals surface area contributed by atoms with Gasteiger partial charge >= 0.3 is 0 Å². The first-order valence-electron chi connectivity index (χ1n) is 8.71. The van der Waals surface area contributed by atoms with Crippen molar-refractivity contribution in [1.29, 1.82) is 0 Å². The van der Waals surface area contributed by atoms with Gasteiger partial charge in [0.25, 0.3) is 0 Å². The van der Waals surface area contributed by atoms with Crippen LogP contribution < -0.4 is 0 Å². The average molecular weight is 352 g/mol. The smallest absolute Gasteiger partial charge is 0.242 e. The standard InChI is InChI=1S/C21H21FN2O2/c1-3-23(4-2)20(25)14-24-13-17(15-9-6-8-12-19(15)24)21(26)16-10-5-7-11-18(16)22/h5-13H,3-4,14H2,1-2H3. The van der Waals surface area contributed by atoms with Gasteiger partial charge in [-0.25, -0.2) is 4.39 Å². The van der Waals surface area contributed by atoms with Crippen LogP contribution in [0.5, 0.6) is 0 Å². The second-order valence-electron chi connectivity index (χ2n) is 6.06. The normalized spacial score (nSPS) is 10.9. The number of benzene rings is 2. The summed E-state index contributed by atoms with van der Waals surface area (Å²) in [6.07, 6.45) is 1.65. The Hall–Kier alpha value is -2.95. The Morgan fingerprint density at radius 1 is 0.962 bits per heavy atom. The van der Waals surface area contributed by atoms with Crippen molar-refractivity contribution in [1.82, 2.24) is 9.47 Å². The monoisotopic (exact) mass is 352 g/mol. The summed E-state index contributed by atoms with van der Waals surface area (Å²) in [5, 5.41) is 0.716. The minimum absolute atomic E-state index is 0.0133. The fourth-order valence-electron chi connectivity index (χ4n) is 3.17. The number of nitrogens with zero attached hydrogens (tertiary/aromatic N) is 2. The van der Waals surface area contributed by atoms with Gasteiger partial charge in [-0.3, -0.25) is 9.59 Å². The third-order valence-corrected chi connectivity index (χ3v) is 4.57. The largest absolute Gasteiger partial charge is 0.342 e. The average Bonchev–Trinajstić information content (AvgIpc) is 3.01. The third-order valence-electron chi connectivity index (χ3n) is 4.57. The maximum atomic E-state index is 14.1. The number of rotatable bonds is 6. The molecule has 2 aromatic carbocycles. The number of ketones is 1. The van der Waals surface area contributed by atoms with E-state index in [1.807, 2.05) is 38.1 Å². The maximum absolute atomic E-state index is 14.1. The summed E-state index contributed by atoms with van der Waals surface area (Å²) in [4.78, 5) is 27.1. The second-order valence-corrected chi connectivity index (χ2v) is 6.06. The summed E-state index contributed by atoms with van der Waals surface area (Å²) >= 11 is 0. The number of aromatic nitrogens is 1. The van der Waals surface area contributed by atoms with Crippen LogP contribution in [-0.2, 0) is 11.3 Å². The van der Waals surface area contributed by atoms with E-state index < -0.39 is 5.82 Å². The zero-order valence-electron chi connectivity index (χ0n) is 14.9. The van der Waals surface area contributed by atoms with Gasteiger partial charge in [-0.1, -0.05) is 30.3 Å². The summed E-state index contributed by atoms with van der Waals surface area (Å²) in [5.74, 6) is -0.942. The highest BCUT2D eigenvalue weighted by molar-refractivity contribution is 6.16. The van der Waals surface area contributed by atoms with Crippen molar-refractivity contribution >= 4 is 22.6 Å². The lowest BCUT2D eigenvalue weighted by molar-refractivity contribution is -0.131. The van der Waals surface area contributed by atoms with Gasteiger partial charge in [0.2, 0.25) is 5.91 Å². The van der Waals surface area contributed by atoms with Crippen molar-refractivity contribution in [2.24, 2.45) is 0 Å². The van der Waals surface area contributed by atoms with E-state index in [0.717, 1.165) is 5.52 Å². The Labute approximate surface area is 151 Å². The van der Waals surface area contributed by atoms with Crippen LogP contribution in [0.3, 0.4) is 0 Å². The molecule has 0 aliphatic rings. The molecule has 1 aromatic heterocycles. The van der Waals surface area contributed by atoms with Crippen molar-refractivity contribution < 1.29 is 14.0 Å². The van der Waals surface area contributed by atoms with Crippen LogP contribution in [0, 0.1) is 5.82 Å². The van der Waals surface area contributed by atoms with Crippen molar-refractivity contribution in [3.8, 4) is 0 Å². The first kappa shape index (κ1) is 17.9. The van der Waals surface area contributed by atoms with Gasteiger partial charge in [0, 0.05) is 35.8 Å². The SMILES string of the molecule is CCN(CC)C(=O)Cn1cc(C(=O)c2ccccc2F)c2ccccc21. The Morgan fingerprint density at radius 3 is 2.31 bits per heavy atom. The quantitative estimate of drug-likeness (QED) is 0.632. The molecule has 0 bridgehead atoms. The number of carbonyl (C=O) groups is 2. The van der Waals surface area contributed by atoms with E-state index in [2.05, 4.69) is 0 Å². The zero-order valence-corrected chi connectivity index (χ0v) is 14.9. The Kier molecular flexibility index (Phi) is 5.16. The predicted octanol–water partition coefficient (Wildman–Crippen LogP) is 3.88. The highest BCUT2D eigenvalue weighted by atomic mass is 19.1. The van der Waals surface area contributed by atoms with Crippen LogP contribution in [0.2, 0.25) is 0 Å². The number of hydrogen-bond donors (Lipinski definition) is 0. The van der Waals surface area contributed by atoms with E-state index >= 15 is 0 Å². The molecule has 1 heterocycles. The minimum Gasteiger partial charge on any atom is -0.342 e. The fourth-order valence-corrected chi connectivity index (χ4v) is 3.17. The van der Waals surface area contributed by atoms with Gasteiger partial charge in [-0.15, -0.1) is 0 Å². The summed E-state index contributed by atoms with van der Waals surface area (Å²) in [6.45, 7) is 5.28.